The molecule has 2 heteroatoms. The number of aromatic nitrogens is 1. The topological polar surface area (TPSA) is 24.9 Å². The fourth-order valence-corrected chi connectivity index (χ4v) is 1.28. The van der Waals surface area contributed by atoms with E-state index in [4.69, 9.17) is 0 Å². The van der Waals surface area contributed by atoms with Crippen molar-refractivity contribution in [3.05, 3.63) is 23.5 Å². The Labute approximate surface area is 60.3 Å². The lowest BCUT2D eigenvalue weighted by molar-refractivity contribution is 1.02. The van der Waals surface area contributed by atoms with Crippen LogP contribution in [0.3, 0.4) is 0 Å². The number of pyridine rings is 1. The predicted molar refractivity (Wildman–Crippen MR) is 41.2 cm³/mol. The number of anilines is 1. The molecule has 0 aliphatic carbocycles. The van der Waals surface area contributed by atoms with Gasteiger partial charge in [-0.05, 0) is 19.1 Å². The van der Waals surface area contributed by atoms with E-state index in [0.717, 1.165) is 18.7 Å². The van der Waals surface area contributed by atoms with Gasteiger partial charge in [0.1, 0.15) is 0 Å². The minimum absolute atomic E-state index is 1.05. The average Bonchev–Trinajstić information content (AvgIpc) is 2.33. The Morgan fingerprint density at radius 2 is 2.40 bits per heavy atom. The Bertz CT molecular complexity index is 255. The number of fused-ring (bicyclic) bond motifs is 1. The molecule has 1 N–H and O–H groups in total. The summed E-state index contributed by atoms with van der Waals surface area (Å²) in [6.45, 7) is 3.07. The Morgan fingerprint density at radius 1 is 1.50 bits per heavy atom. The highest BCUT2D eigenvalue weighted by Crippen LogP contribution is 2.18. The van der Waals surface area contributed by atoms with E-state index in [0.29, 0.717) is 0 Å². The fraction of sp³-hybridized carbons (Fsp3) is 0.375. The summed E-state index contributed by atoms with van der Waals surface area (Å²) in [6, 6.07) is 4.14. The quantitative estimate of drug-likeness (QED) is 0.579. The number of nitrogens with zero attached hydrogens (tertiary/aromatic N) is 1. The van der Waals surface area contributed by atoms with Crippen molar-refractivity contribution < 1.29 is 0 Å². The Hall–Kier alpha value is -1.05. The van der Waals surface area contributed by atoms with Gasteiger partial charge in [0.2, 0.25) is 0 Å². The zero-order valence-electron chi connectivity index (χ0n) is 6.02. The molecule has 0 amide bonds. The van der Waals surface area contributed by atoms with Crippen LogP contribution in [-0.4, -0.2) is 11.5 Å². The molecule has 0 saturated carbocycles. The summed E-state index contributed by atoms with van der Waals surface area (Å²) in [6.07, 6.45) is 1.08. The monoisotopic (exact) mass is 134 g/mol. The normalized spacial score (nSPS) is 14.5. The fourth-order valence-electron chi connectivity index (χ4n) is 1.28. The first-order chi connectivity index (χ1) is 4.86. The maximum absolute atomic E-state index is 4.39. The molecule has 0 spiro atoms. The van der Waals surface area contributed by atoms with Crippen molar-refractivity contribution in [3.8, 4) is 0 Å². The molecule has 0 saturated heterocycles. The number of hydrogen-bond acceptors (Lipinski definition) is 2. The molecule has 0 aromatic carbocycles. The van der Waals surface area contributed by atoms with Crippen molar-refractivity contribution in [2.24, 2.45) is 0 Å². The molecule has 10 heavy (non-hydrogen) atoms. The first-order valence-corrected chi connectivity index (χ1v) is 3.57. The van der Waals surface area contributed by atoms with Gasteiger partial charge in [-0.15, -0.1) is 0 Å². The minimum atomic E-state index is 1.05. The largest absolute Gasteiger partial charge is 0.383 e. The highest BCUT2D eigenvalue weighted by Gasteiger charge is 2.09. The molecule has 0 atom stereocenters. The van der Waals surface area contributed by atoms with Crippen molar-refractivity contribution in [2.45, 2.75) is 13.3 Å². The van der Waals surface area contributed by atoms with Gasteiger partial charge in [0.15, 0.2) is 0 Å². The van der Waals surface area contributed by atoms with E-state index in [1.165, 1.54) is 11.4 Å². The highest BCUT2D eigenvalue weighted by molar-refractivity contribution is 5.52. The van der Waals surface area contributed by atoms with Crippen LogP contribution >= 0.6 is 0 Å². The van der Waals surface area contributed by atoms with Crippen LogP contribution in [0.4, 0.5) is 5.69 Å². The SMILES string of the molecule is Cc1ccc2c(n1)CCN2. The van der Waals surface area contributed by atoms with E-state index in [-0.39, 0.29) is 0 Å². The maximum atomic E-state index is 4.39. The van der Waals surface area contributed by atoms with E-state index in [2.05, 4.69) is 16.4 Å². The predicted octanol–water partition coefficient (Wildman–Crippen LogP) is 1.36. The number of rotatable bonds is 0. The maximum Gasteiger partial charge on any atom is 0.0655 e. The summed E-state index contributed by atoms with van der Waals surface area (Å²) in [7, 11) is 0. The van der Waals surface area contributed by atoms with Crippen molar-refractivity contribution in [3.63, 3.8) is 0 Å². The Balaban J connectivity index is 2.52. The number of hydrogen-bond donors (Lipinski definition) is 1. The van der Waals surface area contributed by atoms with Crippen molar-refractivity contribution in [1.29, 1.82) is 0 Å². The van der Waals surface area contributed by atoms with E-state index >= 15 is 0 Å². The lowest BCUT2D eigenvalue weighted by atomic mass is 10.2. The van der Waals surface area contributed by atoms with E-state index in [1.54, 1.807) is 0 Å². The molecule has 1 aromatic rings. The molecule has 2 nitrogen and oxygen atoms in total. The van der Waals surface area contributed by atoms with Crippen molar-refractivity contribution in [2.75, 3.05) is 11.9 Å². The second-order valence-corrected chi connectivity index (χ2v) is 2.62. The highest BCUT2D eigenvalue weighted by atomic mass is 14.9. The molecular weight excluding hydrogens is 124 g/mol. The van der Waals surface area contributed by atoms with Crippen LogP contribution in [0.5, 0.6) is 0 Å². The lowest BCUT2D eigenvalue weighted by Crippen LogP contribution is -1.90. The van der Waals surface area contributed by atoms with Gasteiger partial charge in [-0.3, -0.25) is 4.98 Å². The average molecular weight is 134 g/mol. The molecule has 2 heterocycles. The molecule has 0 bridgehead atoms. The van der Waals surface area contributed by atoms with Gasteiger partial charge in [-0.25, -0.2) is 0 Å². The molecule has 1 aliphatic heterocycles. The van der Waals surface area contributed by atoms with Crippen LogP contribution in [0.1, 0.15) is 11.4 Å². The zero-order chi connectivity index (χ0) is 6.97. The lowest BCUT2D eigenvalue weighted by Gasteiger charge is -1.97. The van der Waals surface area contributed by atoms with Crippen LogP contribution < -0.4 is 5.32 Å². The molecule has 1 aromatic heterocycles. The summed E-state index contributed by atoms with van der Waals surface area (Å²) < 4.78 is 0. The molecule has 52 valence electrons. The summed E-state index contributed by atoms with van der Waals surface area (Å²) in [4.78, 5) is 4.39. The van der Waals surface area contributed by atoms with Gasteiger partial charge >= 0.3 is 0 Å². The van der Waals surface area contributed by atoms with E-state index in [1.807, 2.05) is 13.0 Å². The van der Waals surface area contributed by atoms with Gasteiger partial charge < -0.3 is 5.32 Å². The first kappa shape index (κ1) is 5.71. The Morgan fingerprint density at radius 3 is 3.30 bits per heavy atom. The smallest absolute Gasteiger partial charge is 0.0655 e. The third kappa shape index (κ3) is 0.764. The zero-order valence-corrected chi connectivity index (χ0v) is 6.02. The van der Waals surface area contributed by atoms with Crippen molar-refractivity contribution >= 4 is 5.69 Å². The minimum Gasteiger partial charge on any atom is -0.383 e. The van der Waals surface area contributed by atoms with Gasteiger partial charge in [0.25, 0.3) is 0 Å². The molecule has 2 rings (SSSR count). The standard InChI is InChI=1S/C8H10N2/c1-6-2-3-7-8(10-6)4-5-9-7/h2-3,9H,4-5H2,1H3. The molecule has 0 unspecified atom stereocenters. The Kier molecular flexibility index (Phi) is 1.13. The third-order valence-electron chi connectivity index (χ3n) is 1.79. The third-order valence-corrected chi connectivity index (χ3v) is 1.79. The molecular formula is C8H10N2. The summed E-state index contributed by atoms with van der Waals surface area (Å²) in [5.74, 6) is 0. The van der Waals surface area contributed by atoms with Gasteiger partial charge in [0.05, 0.1) is 11.4 Å². The first-order valence-electron chi connectivity index (χ1n) is 3.57. The second-order valence-electron chi connectivity index (χ2n) is 2.62. The van der Waals surface area contributed by atoms with Crippen LogP contribution in [0.25, 0.3) is 0 Å². The summed E-state index contributed by atoms with van der Waals surface area (Å²) >= 11 is 0. The van der Waals surface area contributed by atoms with Gasteiger partial charge in [-0.1, -0.05) is 0 Å². The van der Waals surface area contributed by atoms with Crippen LogP contribution in [0, 0.1) is 6.92 Å². The van der Waals surface area contributed by atoms with E-state index in [9.17, 15) is 0 Å². The van der Waals surface area contributed by atoms with Crippen molar-refractivity contribution in [1.82, 2.24) is 4.98 Å². The summed E-state index contributed by atoms with van der Waals surface area (Å²) in [5, 5.41) is 3.26. The molecule has 1 aliphatic rings. The summed E-state index contributed by atoms with van der Waals surface area (Å²) in [5.41, 5.74) is 3.55. The number of nitrogens with one attached hydrogen (secondary N) is 1. The van der Waals surface area contributed by atoms with E-state index < -0.39 is 0 Å². The van der Waals surface area contributed by atoms with Gasteiger partial charge in [0, 0.05) is 18.7 Å². The number of aryl methyl sites for hydroxylation is 1. The second kappa shape index (κ2) is 1.97. The van der Waals surface area contributed by atoms with Crippen LogP contribution in [0.2, 0.25) is 0 Å². The van der Waals surface area contributed by atoms with Crippen LogP contribution in [-0.2, 0) is 6.42 Å². The van der Waals surface area contributed by atoms with Gasteiger partial charge in [-0.2, -0.15) is 0 Å². The molecule has 0 radical (unpaired) electrons. The molecule has 0 fully saturated rings. The van der Waals surface area contributed by atoms with Crippen LogP contribution in [0.15, 0.2) is 12.1 Å².